The van der Waals surface area contributed by atoms with Crippen molar-refractivity contribution in [2.75, 3.05) is 7.11 Å². The molecule has 2 aromatic rings. The zero-order chi connectivity index (χ0) is 11.0. The lowest BCUT2D eigenvalue weighted by molar-refractivity contribution is 0.0606. The number of ether oxygens (including phenoxy) is 1. The van der Waals surface area contributed by atoms with Gasteiger partial charge in [0, 0.05) is 14.3 Å². The Labute approximate surface area is 107 Å². The van der Waals surface area contributed by atoms with Crippen LogP contribution in [0, 0.1) is 0 Å². The Morgan fingerprint density at radius 1 is 1.33 bits per heavy atom. The van der Waals surface area contributed by atoms with Gasteiger partial charge in [0.25, 0.3) is 0 Å². The average molecular weight is 350 g/mol. The predicted molar refractivity (Wildman–Crippen MR) is 68.6 cm³/mol. The molecule has 5 heteroatoms. The van der Waals surface area contributed by atoms with E-state index >= 15 is 0 Å². The zero-order valence-corrected chi connectivity index (χ0v) is 11.7. The maximum Gasteiger partial charge on any atom is 0.348 e. The van der Waals surface area contributed by atoms with E-state index in [2.05, 4.69) is 36.6 Å². The molecule has 0 aliphatic rings. The molecule has 0 N–H and O–H groups in total. The number of rotatable bonds is 1. The molecule has 0 fully saturated rings. The molecule has 0 radical (unpaired) electrons. The van der Waals surface area contributed by atoms with Crippen LogP contribution in [0.2, 0.25) is 0 Å². The molecule has 0 unspecified atom stereocenters. The molecule has 15 heavy (non-hydrogen) atoms. The van der Waals surface area contributed by atoms with Crippen LogP contribution in [0.4, 0.5) is 0 Å². The Morgan fingerprint density at radius 3 is 2.60 bits per heavy atom. The smallest absolute Gasteiger partial charge is 0.348 e. The van der Waals surface area contributed by atoms with Gasteiger partial charge in [-0.25, -0.2) is 4.79 Å². The number of fused-ring (bicyclic) bond motifs is 1. The second-order valence-corrected chi connectivity index (χ2v) is 5.64. The number of hydrogen-bond acceptors (Lipinski definition) is 3. The van der Waals surface area contributed by atoms with E-state index in [1.807, 2.05) is 18.2 Å². The van der Waals surface area contributed by atoms with E-state index in [9.17, 15) is 4.79 Å². The van der Waals surface area contributed by atoms with Gasteiger partial charge in [-0.2, -0.15) is 0 Å². The fourth-order valence-corrected chi connectivity index (χ4v) is 3.43. The van der Waals surface area contributed by atoms with Crippen LogP contribution in [0.3, 0.4) is 0 Å². The monoisotopic (exact) mass is 348 g/mol. The number of benzene rings is 1. The van der Waals surface area contributed by atoms with Gasteiger partial charge in [-0.05, 0) is 34.1 Å². The van der Waals surface area contributed by atoms with Gasteiger partial charge in [-0.3, -0.25) is 0 Å². The highest BCUT2D eigenvalue weighted by molar-refractivity contribution is 9.11. The third-order valence-corrected chi connectivity index (χ3v) is 4.73. The lowest BCUT2D eigenvalue weighted by Gasteiger charge is -1.94. The van der Waals surface area contributed by atoms with Gasteiger partial charge < -0.3 is 4.74 Å². The number of carbonyl (C=O) groups excluding carboxylic acids is 1. The van der Waals surface area contributed by atoms with Gasteiger partial charge in [0.2, 0.25) is 0 Å². The average Bonchev–Trinajstić information content (AvgIpc) is 2.68. The van der Waals surface area contributed by atoms with Crippen molar-refractivity contribution in [3.8, 4) is 0 Å². The van der Waals surface area contributed by atoms with Crippen molar-refractivity contribution in [1.29, 1.82) is 0 Å². The Hall–Kier alpha value is -0.390. The molecule has 1 heterocycles. The van der Waals surface area contributed by atoms with Crippen LogP contribution < -0.4 is 0 Å². The maximum atomic E-state index is 11.4. The topological polar surface area (TPSA) is 26.3 Å². The third kappa shape index (κ3) is 1.96. The molecule has 0 atom stereocenters. The van der Waals surface area contributed by atoms with E-state index in [-0.39, 0.29) is 5.97 Å². The first-order valence-electron chi connectivity index (χ1n) is 4.09. The Kier molecular flexibility index (Phi) is 3.13. The molecule has 1 aromatic heterocycles. The summed E-state index contributed by atoms with van der Waals surface area (Å²) in [6.45, 7) is 0. The zero-order valence-electron chi connectivity index (χ0n) is 7.71. The van der Waals surface area contributed by atoms with Gasteiger partial charge in [-0.15, -0.1) is 11.3 Å². The lowest BCUT2D eigenvalue weighted by Crippen LogP contribution is -1.96. The molecular formula is C10H6Br2O2S. The SMILES string of the molecule is COC(=O)c1cc2c(Br)ccc(Br)c2s1. The van der Waals surface area contributed by atoms with Crippen LogP contribution in [0.25, 0.3) is 10.1 Å². The second-order valence-electron chi connectivity index (χ2n) is 2.87. The quantitative estimate of drug-likeness (QED) is 0.721. The van der Waals surface area contributed by atoms with Crippen LogP contribution in [-0.2, 0) is 4.74 Å². The molecule has 0 spiro atoms. The summed E-state index contributed by atoms with van der Waals surface area (Å²) >= 11 is 8.32. The molecule has 0 bridgehead atoms. The van der Waals surface area contributed by atoms with E-state index in [0.29, 0.717) is 4.88 Å². The van der Waals surface area contributed by atoms with Crippen LogP contribution in [-0.4, -0.2) is 13.1 Å². The molecule has 2 rings (SSSR count). The summed E-state index contributed by atoms with van der Waals surface area (Å²) in [5.41, 5.74) is 0. The van der Waals surface area contributed by atoms with Crippen molar-refractivity contribution in [3.63, 3.8) is 0 Å². The van der Waals surface area contributed by atoms with Crippen molar-refractivity contribution >= 4 is 59.3 Å². The Bertz CT molecular complexity index is 494. The molecular weight excluding hydrogens is 344 g/mol. The summed E-state index contributed by atoms with van der Waals surface area (Å²) in [5, 5.41) is 1.02. The Balaban J connectivity index is 2.70. The van der Waals surface area contributed by atoms with Gasteiger partial charge in [-0.1, -0.05) is 15.9 Å². The highest BCUT2D eigenvalue weighted by atomic mass is 79.9. The minimum Gasteiger partial charge on any atom is -0.465 e. The third-order valence-electron chi connectivity index (χ3n) is 1.97. The number of hydrogen-bond donors (Lipinski definition) is 0. The van der Waals surface area contributed by atoms with E-state index in [0.717, 1.165) is 19.0 Å². The molecule has 2 nitrogen and oxygen atoms in total. The number of thiophene rings is 1. The fourth-order valence-electron chi connectivity index (χ4n) is 1.26. The summed E-state index contributed by atoms with van der Waals surface area (Å²) in [5.74, 6) is -0.296. The lowest BCUT2D eigenvalue weighted by atomic mass is 10.2. The highest BCUT2D eigenvalue weighted by Gasteiger charge is 2.13. The standard InChI is InChI=1S/C10H6Br2O2S/c1-14-10(13)8-4-5-6(11)2-3-7(12)9(5)15-8/h2-4H,1H3. The maximum absolute atomic E-state index is 11.4. The second kappa shape index (κ2) is 4.23. The highest BCUT2D eigenvalue weighted by Crippen LogP contribution is 2.36. The van der Waals surface area contributed by atoms with Crippen molar-refractivity contribution < 1.29 is 9.53 Å². The van der Waals surface area contributed by atoms with Crippen LogP contribution in [0.5, 0.6) is 0 Å². The number of esters is 1. The van der Waals surface area contributed by atoms with Gasteiger partial charge in [0.1, 0.15) is 4.88 Å². The van der Waals surface area contributed by atoms with E-state index < -0.39 is 0 Å². The summed E-state index contributed by atoms with van der Waals surface area (Å²) in [7, 11) is 1.39. The minimum absolute atomic E-state index is 0.296. The van der Waals surface area contributed by atoms with Crippen LogP contribution in [0.1, 0.15) is 9.67 Å². The van der Waals surface area contributed by atoms with E-state index in [4.69, 9.17) is 0 Å². The molecule has 0 saturated carbocycles. The predicted octanol–water partition coefficient (Wildman–Crippen LogP) is 4.21. The van der Waals surface area contributed by atoms with E-state index in [1.54, 1.807) is 0 Å². The molecule has 78 valence electrons. The first-order chi connectivity index (χ1) is 7.13. The molecule has 1 aromatic carbocycles. The van der Waals surface area contributed by atoms with Gasteiger partial charge in [0.05, 0.1) is 11.8 Å². The number of carbonyl (C=O) groups is 1. The Morgan fingerprint density at radius 2 is 2.00 bits per heavy atom. The molecule has 0 saturated heterocycles. The number of methoxy groups -OCH3 is 1. The minimum atomic E-state index is -0.296. The van der Waals surface area contributed by atoms with E-state index in [1.165, 1.54) is 18.4 Å². The van der Waals surface area contributed by atoms with Crippen LogP contribution in [0.15, 0.2) is 27.1 Å². The van der Waals surface area contributed by atoms with Gasteiger partial charge >= 0.3 is 5.97 Å². The first-order valence-corrected chi connectivity index (χ1v) is 6.49. The summed E-state index contributed by atoms with van der Waals surface area (Å²) in [6.07, 6.45) is 0. The summed E-state index contributed by atoms with van der Waals surface area (Å²) < 4.78 is 7.70. The molecule has 0 amide bonds. The van der Waals surface area contributed by atoms with Crippen molar-refractivity contribution in [2.45, 2.75) is 0 Å². The normalized spacial score (nSPS) is 10.6. The molecule has 0 aliphatic carbocycles. The largest absolute Gasteiger partial charge is 0.465 e. The van der Waals surface area contributed by atoms with Crippen molar-refractivity contribution in [2.24, 2.45) is 0 Å². The first kappa shape index (κ1) is 11.1. The van der Waals surface area contributed by atoms with Crippen LogP contribution >= 0.6 is 43.2 Å². The summed E-state index contributed by atoms with van der Waals surface area (Å²) in [4.78, 5) is 12.0. The number of halogens is 2. The van der Waals surface area contributed by atoms with Crippen molar-refractivity contribution in [3.05, 3.63) is 32.0 Å². The fraction of sp³-hybridized carbons (Fsp3) is 0.100. The van der Waals surface area contributed by atoms with Crippen molar-refractivity contribution in [1.82, 2.24) is 0 Å². The van der Waals surface area contributed by atoms with Gasteiger partial charge in [0.15, 0.2) is 0 Å². The summed E-state index contributed by atoms with van der Waals surface area (Å²) in [6, 6.07) is 5.73. The molecule has 0 aliphatic heterocycles.